The summed E-state index contributed by atoms with van der Waals surface area (Å²) in [6, 6.07) is 4.99. The molecule has 1 heterocycles. The molecule has 22 heavy (non-hydrogen) atoms. The average Bonchev–Trinajstić information content (AvgIpc) is 2.82. The monoisotopic (exact) mass is 358 g/mol. The fourth-order valence-electron chi connectivity index (χ4n) is 1.73. The minimum atomic E-state index is -0.472. The van der Waals surface area contributed by atoms with Gasteiger partial charge >= 0.3 is 5.97 Å². The molecular weight excluding hydrogens is 347 g/mol. The number of methoxy groups -OCH3 is 1. The maximum Gasteiger partial charge on any atom is 0.350 e. The second kappa shape index (κ2) is 7.09. The van der Waals surface area contributed by atoms with Crippen LogP contribution in [-0.2, 0) is 16.0 Å². The first kappa shape index (κ1) is 16.7. The average molecular weight is 359 g/mol. The van der Waals surface area contributed by atoms with Gasteiger partial charge in [-0.2, -0.15) is 0 Å². The van der Waals surface area contributed by atoms with Gasteiger partial charge in [0.05, 0.1) is 29.3 Å². The summed E-state index contributed by atoms with van der Waals surface area (Å²) < 4.78 is 4.65. The second-order valence-corrected chi connectivity index (χ2v) is 6.21. The number of benzene rings is 1. The fraction of sp³-hybridized carbons (Fsp3) is 0.214. The topological polar surface area (TPSA) is 68.3 Å². The highest BCUT2D eigenvalue weighted by molar-refractivity contribution is 7.17. The van der Waals surface area contributed by atoms with Gasteiger partial charge in [0.2, 0.25) is 5.91 Å². The third-order valence-corrected chi connectivity index (χ3v) is 4.55. The van der Waals surface area contributed by atoms with Gasteiger partial charge in [-0.05, 0) is 24.6 Å². The van der Waals surface area contributed by atoms with Crippen LogP contribution < -0.4 is 5.32 Å². The summed E-state index contributed by atoms with van der Waals surface area (Å²) >= 11 is 12.8. The van der Waals surface area contributed by atoms with Crippen molar-refractivity contribution in [3.63, 3.8) is 0 Å². The van der Waals surface area contributed by atoms with E-state index < -0.39 is 5.97 Å². The van der Waals surface area contributed by atoms with Crippen molar-refractivity contribution in [2.45, 2.75) is 13.3 Å². The van der Waals surface area contributed by atoms with Gasteiger partial charge in [-0.25, -0.2) is 9.78 Å². The van der Waals surface area contributed by atoms with E-state index in [0.717, 1.165) is 16.9 Å². The van der Waals surface area contributed by atoms with Gasteiger partial charge in [-0.1, -0.05) is 40.6 Å². The number of carbonyl (C=O) groups excluding carboxylic acids is 2. The predicted molar refractivity (Wildman–Crippen MR) is 87.0 cm³/mol. The first-order valence-electron chi connectivity index (χ1n) is 6.20. The van der Waals surface area contributed by atoms with Gasteiger partial charge < -0.3 is 10.1 Å². The van der Waals surface area contributed by atoms with Crippen LogP contribution >= 0.6 is 34.5 Å². The quantitative estimate of drug-likeness (QED) is 0.845. The van der Waals surface area contributed by atoms with Crippen molar-refractivity contribution in [3.8, 4) is 0 Å². The van der Waals surface area contributed by atoms with Crippen molar-refractivity contribution in [1.82, 2.24) is 4.98 Å². The zero-order valence-corrected chi connectivity index (χ0v) is 14.1. The lowest BCUT2D eigenvalue weighted by Crippen LogP contribution is -2.14. The molecule has 0 saturated carbocycles. The largest absolute Gasteiger partial charge is 0.465 e. The number of ether oxygens (including phenoxy) is 1. The zero-order chi connectivity index (χ0) is 16.3. The van der Waals surface area contributed by atoms with Crippen LogP contribution in [0.3, 0.4) is 0 Å². The van der Waals surface area contributed by atoms with Crippen molar-refractivity contribution >= 4 is 51.5 Å². The van der Waals surface area contributed by atoms with Gasteiger partial charge in [-0.15, -0.1) is 0 Å². The van der Waals surface area contributed by atoms with Crippen molar-refractivity contribution in [1.29, 1.82) is 0 Å². The van der Waals surface area contributed by atoms with Gasteiger partial charge in [0.1, 0.15) is 4.88 Å². The molecule has 0 radical (unpaired) electrons. The number of halogens is 2. The van der Waals surface area contributed by atoms with E-state index in [0.29, 0.717) is 25.7 Å². The molecule has 1 aromatic heterocycles. The third kappa shape index (κ3) is 3.97. The predicted octanol–water partition coefficient (Wildman–Crippen LogP) is 3.73. The van der Waals surface area contributed by atoms with Crippen LogP contribution in [-0.4, -0.2) is 24.0 Å². The summed E-state index contributed by atoms with van der Waals surface area (Å²) in [7, 11) is 1.30. The van der Waals surface area contributed by atoms with E-state index in [2.05, 4.69) is 15.0 Å². The Morgan fingerprint density at radius 3 is 2.68 bits per heavy atom. The molecule has 1 aromatic carbocycles. The number of amides is 1. The Morgan fingerprint density at radius 1 is 1.32 bits per heavy atom. The molecule has 2 rings (SSSR count). The van der Waals surface area contributed by atoms with Crippen LogP contribution in [0.4, 0.5) is 5.13 Å². The fourth-order valence-corrected chi connectivity index (χ4v) is 2.95. The minimum Gasteiger partial charge on any atom is -0.465 e. The maximum atomic E-state index is 12.0. The smallest absolute Gasteiger partial charge is 0.350 e. The van der Waals surface area contributed by atoms with Crippen LogP contribution in [0.1, 0.15) is 20.9 Å². The molecule has 1 amide bonds. The second-order valence-electron chi connectivity index (χ2n) is 4.40. The van der Waals surface area contributed by atoms with Gasteiger partial charge in [-0.3, -0.25) is 4.79 Å². The van der Waals surface area contributed by atoms with E-state index in [9.17, 15) is 9.59 Å². The van der Waals surface area contributed by atoms with Crippen molar-refractivity contribution in [2.24, 2.45) is 0 Å². The molecule has 1 N–H and O–H groups in total. The molecule has 2 aromatic rings. The number of carbonyl (C=O) groups is 2. The first-order chi connectivity index (χ1) is 10.4. The Hall–Kier alpha value is -1.63. The maximum absolute atomic E-state index is 12.0. The Balaban J connectivity index is 2.06. The van der Waals surface area contributed by atoms with Gasteiger partial charge in [0, 0.05) is 0 Å². The third-order valence-electron chi connectivity index (χ3n) is 2.76. The summed E-state index contributed by atoms with van der Waals surface area (Å²) in [4.78, 5) is 28.0. The summed E-state index contributed by atoms with van der Waals surface area (Å²) in [6.45, 7) is 1.68. The number of esters is 1. The molecule has 0 aliphatic carbocycles. The lowest BCUT2D eigenvalue weighted by molar-refractivity contribution is -0.115. The molecule has 0 aliphatic rings. The van der Waals surface area contributed by atoms with E-state index in [4.69, 9.17) is 23.2 Å². The lowest BCUT2D eigenvalue weighted by Gasteiger charge is -2.03. The highest BCUT2D eigenvalue weighted by Crippen LogP contribution is 2.25. The molecule has 0 spiro atoms. The van der Waals surface area contributed by atoms with Crippen LogP contribution in [0.5, 0.6) is 0 Å². The number of nitrogens with zero attached hydrogens (tertiary/aromatic N) is 1. The first-order valence-corrected chi connectivity index (χ1v) is 7.77. The van der Waals surface area contributed by atoms with Crippen LogP contribution in [0.25, 0.3) is 0 Å². The highest BCUT2D eigenvalue weighted by atomic mass is 35.5. The van der Waals surface area contributed by atoms with Gasteiger partial charge in [0.25, 0.3) is 0 Å². The molecule has 0 aliphatic heterocycles. The molecule has 0 saturated heterocycles. The Morgan fingerprint density at radius 2 is 2.05 bits per heavy atom. The molecule has 116 valence electrons. The molecule has 5 nitrogen and oxygen atoms in total. The standard InChI is InChI=1S/C14H12Cl2N2O3S/c1-7-12(13(20)21-2)22-14(17-7)18-11(19)6-8-3-4-9(15)10(16)5-8/h3-5H,6H2,1-2H3,(H,17,18,19). The van der Waals surface area contributed by atoms with E-state index in [1.165, 1.54) is 7.11 Å². The number of aromatic nitrogens is 1. The molecular formula is C14H12Cl2N2O3S. The van der Waals surface area contributed by atoms with E-state index in [-0.39, 0.29) is 12.3 Å². The number of aryl methyl sites for hydroxylation is 1. The van der Waals surface area contributed by atoms with Crippen molar-refractivity contribution in [3.05, 3.63) is 44.4 Å². The Bertz CT molecular complexity index is 731. The number of thiazole rings is 1. The number of hydrogen-bond acceptors (Lipinski definition) is 5. The Labute approximate surface area is 141 Å². The van der Waals surface area contributed by atoms with E-state index >= 15 is 0 Å². The number of hydrogen-bond donors (Lipinski definition) is 1. The normalized spacial score (nSPS) is 10.4. The van der Waals surface area contributed by atoms with Crippen LogP contribution in [0.2, 0.25) is 10.0 Å². The minimum absolute atomic E-state index is 0.128. The summed E-state index contributed by atoms with van der Waals surface area (Å²) in [5, 5.41) is 3.83. The SMILES string of the molecule is COC(=O)c1sc(NC(=O)Cc2ccc(Cl)c(Cl)c2)nc1C. The molecule has 8 heteroatoms. The zero-order valence-electron chi connectivity index (χ0n) is 11.8. The summed E-state index contributed by atoms with van der Waals surface area (Å²) in [5.74, 6) is -0.733. The summed E-state index contributed by atoms with van der Waals surface area (Å²) in [6.07, 6.45) is 0.128. The molecule has 0 unspecified atom stereocenters. The molecule has 0 bridgehead atoms. The molecule has 0 fully saturated rings. The number of rotatable bonds is 4. The number of nitrogens with one attached hydrogen (secondary N) is 1. The van der Waals surface area contributed by atoms with Crippen molar-refractivity contribution < 1.29 is 14.3 Å². The Kier molecular flexibility index (Phi) is 5.39. The van der Waals surface area contributed by atoms with Gasteiger partial charge in [0.15, 0.2) is 5.13 Å². The van der Waals surface area contributed by atoms with E-state index in [1.54, 1.807) is 25.1 Å². The lowest BCUT2D eigenvalue weighted by atomic mass is 10.1. The highest BCUT2D eigenvalue weighted by Gasteiger charge is 2.17. The molecule has 0 atom stereocenters. The van der Waals surface area contributed by atoms with Crippen LogP contribution in [0, 0.1) is 6.92 Å². The van der Waals surface area contributed by atoms with Crippen LogP contribution in [0.15, 0.2) is 18.2 Å². The summed E-state index contributed by atoms with van der Waals surface area (Å²) in [5.41, 5.74) is 1.25. The van der Waals surface area contributed by atoms with E-state index in [1.807, 2.05) is 0 Å². The number of anilines is 1. The van der Waals surface area contributed by atoms with Crippen molar-refractivity contribution in [2.75, 3.05) is 12.4 Å².